The maximum absolute atomic E-state index is 12.1. The number of amides is 1. The molecule has 23 heavy (non-hydrogen) atoms. The lowest BCUT2D eigenvalue weighted by Crippen LogP contribution is -2.33. The molecule has 0 aliphatic carbocycles. The summed E-state index contributed by atoms with van der Waals surface area (Å²) in [5, 5.41) is 14.6. The molecule has 1 aliphatic rings. The topological polar surface area (TPSA) is 71.8 Å². The van der Waals surface area contributed by atoms with Crippen LogP contribution >= 0.6 is 12.4 Å². The molecule has 1 saturated heterocycles. The Balaban J connectivity index is 0.00000192. The molecule has 1 amide bonds. The summed E-state index contributed by atoms with van der Waals surface area (Å²) in [5.41, 5.74) is 1.71. The van der Waals surface area contributed by atoms with Crippen molar-refractivity contribution in [1.82, 2.24) is 25.6 Å². The van der Waals surface area contributed by atoms with E-state index in [1.807, 2.05) is 43.5 Å². The number of hydrogen-bond acceptors (Lipinski definition) is 4. The standard InChI is InChI=1S/C16H21N5O.ClH/c1-12(18-16(22)10-13-6-5-9-17-13)15-11-21(20-19-15)14-7-3-2-4-8-14;/h2-4,7-8,11-13,17H,5-6,9-10H2,1H3,(H,18,22);1H. The van der Waals surface area contributed by atoms with Gasteiger partial charge in [-0.3, -0.25) is 4.79 Å². The van der Waals surface area contributed by atoms with Crippen LogP contribution in [-0.2, 0) is 4.79 Å². The van der Waals surface area contributed by atoms with Gasteiger partial charge in [-0.15, -0.1) is 17.5 Å². The van der Waals surface area contributed by atoms with E-state index < -0.39 is 0 Å². The molecular weight excluding hydrogens is 314 g/mol. The second kappa shape index (κ2) is 8.08. The third-order valence-corrected chi connectivity index (χ3v) is 3.95. The number of nitrogens with one attached hydrogen (secondary N) is 2. The van der Waals surface area contributed by atoms with Crippen LogP contribution in [0.3, 0.4) is 0 Å². The van der Waals surface area contributed by atoms with Gasteiger partial charge in [-0.05, 0) is 38.4 Å². The molecule has 0 radical (unpaired) electrons. The zero-order chi connectivity index (χ0) is 15.4. The molecule has 6 nitrogen and oxygen atoms in total. The minimum absolute atomic E-state index is 0. The highest BCUT2D eigenvalue weighted by molar-refractivity contribution is 5.85. The lowest BCUT2D eigenvalue weighted by atomic mass is 10.1. The van der Waals surface area contributed by atoms with E-state index in [1.54, 1.807) is 4.68 Å². The summed E-state index contributed by atoms with van der Waals surface area (Å²) < 4.78 is 1.72. The summed E-state index contributed by atoms with van der Waals surface area (Å²) >= 11 is 0. The molecule has 124 valence electrons. The number of carbonyl (C=O) groups excluding carboxylic acids is 1. The van der Waals surface area contributed by atoms with E-state index in [0.29, 0.717) is 12.5 Å². The van der Waals surface area contributed by atoms with Gasteiger partial charge >= 0.3 is 0 Å². The Morgan fingerprint density at radius 1 is 1.43 bits per heavy atom. The van der Waals surface area contributed by atoms with Gasteiger partial charge in [0.05, 0.1) is 17.9 Å². The first-order chi connectivity index (χ1) is 10.7. The fourth-order valence-corrected chi connectivity index (χ4v) is 2.71. The first-order valence-electron chi connectivity index (χ1n) is 7.73. The third-order valence-electron chi connectivity index (χ3n) is 3.95. The summed E-state index contributed by atoms with van der Waals surface area (Å²) in [5.74, 6) is 0.0566. The first-order valence-corrected chi connectivity index (χ1v) is 7.73. The predicted octanol–water partition coefficient (Wildman–Crippen LogP) is 2.01. The number of rotatable bonds is 5. The molecule has 1 aromatic heterocycles. The predicted molar refractivity (Wildman–Crippen MR) is 90.8 cm³/mol. The molecule has 0 saturated carbocycles. The van der Waals surface area contributed by atoms with Crippen LogP contribution in [0.4, 0.5) is 0 Å². The molecule has 2 unspecified atom stereocenters. The fourth-order valence-electron chi connectivity index (χ4n) is 2.71. The Kier molecular flexibility index (Phi) is 6.12. The van der Waals surface area contributed by atoms with E-state index in [9.17, 15) is 4.79 Å². The van der Waals surface area contributed by atoms with E-state index >= 15 is 0 Å². The molecule has 2 aromatic rings. The average molecular weight is 336 g/mol. The maximum atomic E-state index is 12.1. The quantitative estimate of drug-likeness (QED) is 0.876. The lowest BCUT2D eigenvalue weighted by molar-refractivity contribution is -0.122. The monoisotopic (exact) mass is 335 g/mol. The average Bonchev–Trinajstić information content (AvgIpc) is 3.19. The Bertz CT molecular complexity index is 624. The summed E-state index contributed by atoms with van der Waals surface area (Å²) in [6.45, 7) is 2.94. The van der Waals surface area contributed by atoms with Crippen molar-refractivity contribution in [2.24, 2.45) is 0 Å². The molecule has 1 aliphatic heterocycles. The van der Waals surface area contributed by atoms with Crippen LogP contribution in [0.25, 0.3) is 5.69 Å². The number of halogens is 1. The third kappa shape index (κ3) is 4.53. The molecule has 7 heteroatoms. The van der Waals surface area contributed by atoms with Crippen molar-refractivity contribution in [3.8, 4) is 5.69 Å². The molecule has 3 rings (SSSR count). The van der Waals surface area contributed by atoms with Gasteiger partial charge in [-0.25, -0.2) is 4.68 Å². The van der Waals surface area contributed by atoms with E-state index in [2.05, 4.69) is 20.9 Å². The van der Waals surface area contributed by atoms with Crippen molar-refractivity contribution >= 4 is 18.3 Å². The SMILES string of the molecule is CC(NC(=O)CC1CCCN1)c1cn(-c2ccccc2)nn1.Cl. The Morgan fingerprint density at radius 3 is 2.91 bits per heavy atom. The number of benzene rings is 1. The van der Waals surface area contributed by atoms with E-state index in [0.717, 1.165) is 30.8 Å². The van der Waals surface area contributed by atoms with Crippen molar-refractivity contribution in [3.05, 3.63) is 42.2 Å². The first kappa shape index (κ1) is 17.4. The van der Waals surface area contributed by atoms with Gasteiger partial charge in [-0.2, -0.15) is 0 Å². The van der Waals surface area contributed by atoms with Gasteiger partial charge in [0.1, 0.15) is 5.69 Å². The van der Waals surface area contributed by atoms with Gasteiger partial charge < -0.3 is 10.6 Å². The highest BCUT2D eigenvalue weighted by atomic mass is 35.5. The van der Waals surface area contributed by atoms with Crippen LogP contribution in [0, 0.1) is 0 Å². The van der Waals surface area contributed by atoms with E-state index in [4.69, 9.17) is 0 Å². The van der Waals surface area contributed by atoms with Crippen molar-refractivity contribution in [2.45, 2.75) is 38.3 Å². The van der Waals surface area contributed by atoms with Gasteiger partial charge in [0.2, 0.25) is 5.91 Å². The second-order valence-electron chi connectivity index (χ2n) is 5.71. The second-order valence-corrected chi connectivity index (χ2v) is 5.71. The van der Waals surface area contributed by atoms with Crippen LogP contribution in [0.2, 0.25) is 0 Å². The van der Waals surface area contributed by atoms with Gasteiger partial charge in [0, 0.05) is 12.5 Å². The molecule has 2 N–H and O–H groups in total. The van der Waals surface area contributed by atoms with Crippen molar-refractivity contribution in [2.75, 3.05) is 6.54 Å². The maximum Gasteiger partial charge on any atom is 0.222 e. The Labute approximate surface area is 142 Å². The molecule has 0 spiro atoms. The van der Waals surface area contributed by atoms with Gasteiger partial charge in [0.25, 0.3) is 0 Å². The zero-order valence-electron chi connectivity index (χ0n) is 13.1. The largest absolute Gasteiger partial charge is 0.348 e. The molecule has 2 atom stereocenters. The summed E-state index contributed by atoms with van der Waals surface area (Å²) in [6.07, 6.45) is 4.61. The Morgan fingerprint density at radius 2 is 2.22 bits per heavy atom. The van der Waals surface area contributed by atoms with Crippen LogP contribution in [0.15, 0.2) is 36.5 Å². The molecule has 1 aromatic carbocycles. The van der Waals surface area contributed by atoms with E-state index in [-0.39, 0.29) is 24.4 Å². The zero-order valence-corrected chi connectivity index (χ0v) is 13.9. The molecular formula is C16H22ClN5O. The number of hydrogen-bond donors (Lipinski definition) is 2. The van der Waals surface area contributed by atoms with Crippen LogP contribution < -0.4 is 10.6 Å². The summed E-state index contributed by atoms with van der Waals surface area (Å²) in [4.78, 5) is 12.1. The molecule has 1 fully saturated rings. The molecule has 2 heterocycles. The van der Waals surface area contributed by atoms with Crippen LogP contribution in [0.1, 0.15) is 37.9 Å². The van der Waals surface area contributed by atoms with Crippen LogP contribution in [-0.4, -0.2) is 33.5 Å². The highest BCUT2D eigenvalue weighted by Gasteiger charge is 2.20. The Hall–Kier alpha value is -1.92. The summed E-state index contributed by atoms with van der Waals surface area (Å²) in [6, 6.07) is 9.97. The van der Waals surface area contributed by atoms with Crippen molar-refractivity contribution in [3.63, 3.8) is 0 Å². The normalized spacial score (nSPS) is 18.2. The molecule has 0 bridgehead atoms. The number of aromatic nitrogens is 3. The number of para-hydroxylation sites is 1. The fraction of sp³-hybridized carbons (Fsp3) is 0.438. The minimum Gasteiger partial charge on any atom is -0.348 e. The summed E-state index contributed by atoms with van der Waals surface area (Å²) in [7, 11) is 0. The smallest absolute Gasteiger partial charge is 0.222 e. The van der Waals surface area contributed by atoms with Gasteiger partial charge in [0.15, 0.2) is 0 Å². The van der Waals surface area contributed by atoms with E-state index in [1.165, 1.54) is 0 Å². The minimum atomic E-state index is -0.147. The number of carbonyl (C=O) groups is 1. The van der Waals surface area contributed by atoms with Crippen LogP contribution in [0.5, 0.6) is 0 Å². The lowest BCUT2D eigenvalue weighted by Gasteiger charge is -2.14. The van der Waals surface area contributed by atoms with Gasteiger partial charge in [-0.1, -0.05) is 23.4 Å². The van der Waals surface area contributed by atoms with Crippen molar-refractivity contribution < 1.29 is 4.79 Å². The highest BCUT2D eigenvalue weighted by Crippen LogP contribution is 2.13. The number of nitrogens with zero attached hydrogens (tertiary/aromatic N) is 3. The van der Waals surface area contributed by atoms with Crippen molar-refractivity contribution in [1.29, 1.82) is 0 Å².